The lowest BCUT2D eigenvalue weighted by Gasteiger charge is -2.17. The molecule has 0 spiro atoms. The zero-order valence-electron chi connectivity index (χ0n) is 9.12. The molecule has 0 amide bonds. The summed E-state index contributed by atoms with van der Waals surface area (Å²) in [7, 11) is -4.56. The molecule has 0 heterocycles. The average molecular weight is 230 g/mol. The van der Waals surface area contributed by atoms with Gasteiger partial charge in [0.1, 0.15) is 0 Å². The first kappa shape index (κ1) is 12.2. The molecule has 0 atom stereocenters. The van der Waals surface area contributed by atoms with Crippen molar-refractivity contribution in [3.8, 4) is 0 Å². The molecule has 0 bridgehead atoms. The van der Waals surface area contributed by atoms with E-state index in [2.05, 4.69) is 20.8 Å². The van der Waals surface area contributed by atoms with E-state index < -0.39 is 10.2 Å². The van der Waals surface area contributed by atoms with Gasteiger partial charge >= 0.3 is 10.2 Å². The maximum Gasteiger partial charge on any atom is 0.332 e. The van der Waals surface area contributed by atoms with E-state index >= 15 is 0 Å². The summed E-state index contributed by atoms with van der Waals surface area (Å²) in [6, 6.07) is 5.90. The molecule has 0 saturated heterocycles. The van der Waals surface area contributed by atoms with Crippen molar-refractivity contribution in [2.45, 2.75) is 32.1 Å². The molecular weight excluding hydrogens is 215 g/mol. The quantitative estimate of drug-likeness (QED) is 0.732. The Morgan fingerprint density at radius 1 is 1.13 bits per heavy atom. The number of rotatable bonds is 2. The standard InChI is InChI=1S/C11H15FO2S/c1-11(2,3)8-9-4-6-10(7-5-9)15(12,13)14/h4-7H,8H2,1-3H3. The van der Waals surface area contributed by atoms with Gasteiger partial charge in [-0.25, -0.2) is 0 Å². The van der Waals surface area contributed by atoms with E-state index in [1.54, 1.807) is 12.1 Å². The largest absolute Gasteiger partial charge is 0.332 e. The highest BCUT2D eigenvalue weighted by Crippen LogP contribution is 2.21. The molecule has 0 aromatic heterocycles. The third-order valence-electron chi connectivity index (χ3n) is 1.94. The Morgan fingerprint density at radius 3 is 1.93 bits per heavy atom. The summed E-state index contributed by atoms with van der Waals surface area (Å²) in [4.78, 5) is -0.278. The molecular formula is C11H15FO2S. The van der Waals surface area contributed by atoms with E-state index in [1.807, 2.05) is 0 Å². The van der Waals surface area contributed by atoms with Crippen LogP contribution in [0, 0.1) is 5.41 Å². The van der Waals surface area contributed by atoms with E-state index in [0.29, 0.717) is 0 Å². The summed E-state index contributed by atoms with van der Waals surface area (Å²) in [5, 5.41) is 0. The number of halogens is 1. The first-order valence-corrected chi connectivity index (χ1v) is 6.10. The van der Waals surface area contributed by atoms with Crippen LogP contribution in [0.5, 0.6) is 0 Å². The summed E-state index contributed by atoms with van der Waals surface area (Å²) in [6.07, 6.45) is 0.833. The molecule has 0 aliphatic heterocycles. The molecule has 0 aliphatic rings. The highest BCUT2D eigenvalue weighted by Gasteiger charge is 2.14. The van der Waals surface area contributed by atoms with Crippen molar-refractivity contribution in [2.75, 3.05) is 0 Å². The Bertz CT molecular complexity index is 427. The minimum atomic E-state index is -4.56. The average Bonchev–Trinajstić information content (AvgIpc) is 2.00. The second-order valence-electron chi connectivity index (χ2n) is 4.82. The lowest BCUT2D eigenvalue weighted by Crippen LogP contribution is -2.09. The maximum absolute atomic E-state index is 12.6. The van der Waals surface area contributed by atoms with Crippen LogP contribution in [0.15, 0.2) is 29.2 Å². The van der Waals surface area contributed by atoms with Crippen molar-refractivity contribution in [3.63, 3.8) is 0 Å². The van der Waals surface area contributed by atoms with E-state index in [4.69, 9.17) is 0 Å². The van der Waals surface area contributed by atoms with Gasteiger partial charge in [0.2, 0.25) is 0 Å². The first-order valence-electron chi connectivity index (χ1n) is 4.72. The van der Waals surface area contributed by atoms with Crippen LogP contribution in [0.4, 0.5) is 3.89 Å². The molecule has 0 unspecified atom stereocenters. The summed E-state index contributed by atoms with van der Waals surface area (Å²) < 4.78 is 33.7. The highest BCUT2D eigenvalue weighted by molar-refractivity contribution is 7.86. The first-order chi connectivity index (χ1) is 6.68. The molecule has 2 nitrogen and oxygen atoms in total. The highest BCUT2D eigenvalue weighted by atomic mass is 32.3. The normalized spacial score (nSPS) is 12.8. The van der Waals surface area contributed by atoms with E-state index in [1.165, 1.54) is 12.1 Å². The van der Waals surface area contributed by atoms with Crippen molar-refractivity contribution in [3.05, 3.63) is 29.8 Å². The number of benzene rings is 1. The molecule has 84 valence electrons. The zero-order chi connectivity index (χ0) is 11.7. The fourth-order valence-corrected chi connectivity index (χ4v) is 1.84. The fraction of sp³-hybridized carbons (Fsp3) is 0.455. The Morgan fingerprint density at radius 2 is 1.60 bits per heavy atom. The molecule has 0 saturated carbocycles. The van der Waals surface area contributed by atoms with Crippen molar-refractivity contribution in [1.29, 1.82) is 0 Å². The Balaban J connectivity index is 2.92. The van der Waals surface area contributed by atoms with Crippen LogP contribution in [-0.2, 0) is 16.6 Å². The van der Waals surface area contributed by atoms with Crippen LogP contribution in [-0.4, -0.2) is 8.42 Å². The molecule has 0 fully saturated rings. The molecule has 0 N–H and O–H groups in total. The van der Waals surface area contributed by atoms with E-state index in [-0.39, 0.29) is 10.3 Å². The minimum absolute atomic E-state index is 0.135. The lowest BCUT2D eigenvalue weighted by atomic mass is 9.88. The van der Waals surface area contributed by atoms with Gasteiger partial charge in [-0.1, -0.05) is 32.9 Å². The maximum atomic E-state index is 12.6. The lowest BCUT2D eigenvalue weighted by molar-refractivity contribution is 0.411. The van der Waals surface area contributed by atoms with Crippen molar-refractivity contribution in [2.24, 2.45) is 5.41 Å². The van der Waals surface area contributed by atoms with Crippen molar-refractivity contribution in [1.82, 2.24) is 0 Å². The second kappa shape index (κ2) is 3.93. The molecule has 0 aliphatic carbocycles. The van der Waals surface area contributed by atoms with Gasteiger partial charge in [-0.15, -0.1) is 3.89 Å². The number of hydrogen-bond acceptors (Lipinski definition) is 2. The van der Waals surface area contributed by atoms with Gasteiger partial charge < -0.3 is 0 Å². The molecule has 15 heavy (non-hydrogen) atoms. The number of hydrogen-bond donors (Lipinski definition) is 0. The third kappa shape index (κ3) is 4.00. The van der Waals surface area contributed by atoms with Crippen LogP contribution in [0.3, 0.4) is 0 Å². The third-order valence-corrected chi connectivity index (χ3v) is 2.77. The van der Waals surface area contributed by atoms with Gasteiger partial charge in [0.25, 0.3) is 0 Å². The molecule has 1 rings (SSSR count). The molecule has 4 heteroatoms. The predicted molar refractivity (Wildman–Crippen MR) is 57.9 cm³/mol. The van der Waals surface area contributed by atoms with Gasteiger partial charge in [-0.2, -0.15) is 8.42 Å². The van der Waals surface area contributed by atoms with Gasteiger partial charge in [0, 0.05) is 0 Å². The minimum Gasteiger partial charge on any atom is -0.189 e. The smallest absolute Gasteiger partial charge is 0.189 e. The Kier molecular flexibility index (Phi) is 3.19. The molecule has 1 aromatic carbocycles. The SMILES string of the molecule is CC(C)(C)Cc1ccc(S(=O)(=O)F)cc1. The van der Waals surface area contributed by atoms with Gasteiger partial charge in [-0.05, 0) is 29.5 Å². The van der Waals surface area contributed by atoms with Crippen LogP contribution in [0.2, 0.25) is 0 Å². The monoisotopic (exact) mass is 230 g/mol. The Hall–Kier alpha value is -0.900. The van der Waals surface area contributed by atoms with E-state index in [0.717, 1.165) is 12.0 Å². The summed E-state index contributed by atoms with van der Waals surface area (Å²) in [5.41, 5.74) is 1.14. The van der Waals surface area contributed by atoms with Gasteiger partial charge in [0.15, 0.2) is 0 Å². The van der Waals surface area contributed by atoms with Crippen molar-refractivity contribution < 1.29 is 12.3 Å². The predicted octanol–water partition coefficient (Wildman–Crippen LogP) is 2.93. The molecule has 0 radical (unpaired) electrons. The topological polar surface area (TPSA) is 34.1 Å². The van der Waals surface area contributed by atoms with Gasteiger partial charge in [0.05, 0.1) is 4.90 Å². The van der Waals surface area contributed by atoms with Crippen LogP contribution < -0.4 is 0 Å². The van der Waals surface area contributed by atoms with Crippen molar-refractivity contribution >= 4 is 10.2 Å². The summed E-state index contributed by atoms with van der Waals surface area (Å²) in [5.74, 6) is 0. The fourth-order valence-electron chi connectivity index (χ4n) is 1.38. The van der Waals surface area contributed by atoms with Crippen LogP contribution >= 0.6 is 0 Å². The zero-order valence-corrected chi connectivity index (χ0v) is 9.94. The summed E-state index contributed by atoms with van der Waals surface area (Å²) in [6.45, 7) is 6.27. The second-order valence-corrected chi connectivity index (χ2v) is 6.17. The van der Waals surface area contributed by atoms with Gasteiger partial charge in [-0.3, -0.25) is 0 Å². The summed E-state index contributed by atoms with van der Waals surface area (Å²) >= 11 is 0. The van der Waals surface area contributed by atoms with Crippen LogP contribution in [0.1, 0.15) is 26.3 Å². The Labute approximate surface area is 90.3 Å². The van der Waals surface area contributed by atoms with E-state index in [9.17, 15) is 12.3 Å². The molecule has 1 aromatic rings. The van der Waals surface area contributed by atoms with Crippen LogP contribution in [0.25, 0.3) is 0 Å².